The molecule has 19 heavy (non-hydrogen) atoms. The molecule has 2 rings (SSSR count). The Labute approximate surface area is 118 Å². The fourth-order valence-electron chi connectivity index (χ4n) is 1.77. The SMILES string of the molecule is C=Cc1cnc(Cl)cc1/C=C(\C)c1ccc(C)nc1. The Bertz CT molecular complexity index is 628. The van der Waals surface area contributed by atoms with Crippen LogP contribution in [0.25, 0.3) is 17.7 Å². The largest absolute Gasteiger partial charge is 0.261 e. The smallest absolute Gasteiger partial charge is 0.129 e. The predicted molar refractivity (Wildman–Crippen MR) is 81.9 cm³/mol. The van der Waals surface area contributed by atoms with E-state index in [0.717, 1.165) is 28.0 Å². The molecular formula is C16H15ClN2. The number of aromatic nitrogens is 2. The number of allylic oxidation sites excluding steroid dienone is 1. The Morgan fingerprint density at radius 1 is 1.21 bits per heavy atom. The number of hydrogen-bond acceptors (Lipinski definition) is 2. The molecule has 96 valence electrons. The average Bonchev–Trinajstić information content (AvgIpc) is 2.39. The summed E-state index contributed by atoms with van der Waals surface area (Å²) in [6.45, 7) is 7.81. The molecule has 0 aliphatic carbocycles. The molecule has 0 saturated carbocycles. The minimum absolute atomic E-state index is 0.478. The quantitative estimate of drug-likeness (QED) is 0.759. The van der Waals surface area contributed by atoms with E-state index in [0.29, 0.717) is 5.15 Å². The van der Waals surface area contributed by atoms with Crippen molar-refractivity contribution in [1.29, 1.82) is 0 Å². The van der Waals surface area contributed by atoms with Crippen LogP contribution in [-0.4, -0.2) is 9.97 Å². The number of halogens is 1. The summed E-state index contributed by atoms with van der Waals surface area (Å²) in [5.74, 6) is 0. The summed E-state index contributed by atoms with van der Waals surface area (Å²) in [6, 6.07) is 5.90. The molecule has 0 saturated heterocycles. The molecule has 0 aliphatic heterocycles. The fraction of sp³-hybridized carbons (Fsp3) is 0.125. The van der Waals surface area contributed by atoms with Gasteiger partial charge >= 0.3 is 0 Å². The molecule has 0 radical (unpaired) electrons. The maximum atomic E-state index is 5.94. The molecule has 2 nitrogen and oxygen atoms in total. The molecule has 2 heterocycles. The first-order valence-corrected chi connectivity index (χ1v) is 6.37. The second kappa shape index (κ2) is 5.81. The van der Waals surface area contributed by atoms with E-state index in [1.54, 1.807) is 12.3 Å². The number of nitrogens with zero attached hydrogens (tertiary/aromatic N) is 2. The predicted octanol–water partition coefficient (Wildman–Crippen LogP) is 4.64. The van der Waals surface area contributed by atoms with Crippen LogP contribution >= 0.6 is 11.6 Å². The van der Waals surface area contributed by atoms with Crippen molar-refractivity contribution in [2.45, 2.75) is 13.8 Å². The molecule has 0 aliphatic rings. The third kappa shape index (κ3) is 3.30. The summed E-state index contributed by atoms with van der Waals surface area (Å²) in [4.78, 5) is 8.36. The first-order valence-electron chi connectivity index (χ1n) is 5.99. The Morgan fingerprint density at radius 3 is 2.63 bits per heavy atom. The van der Waals surface area contributed by atoms with Crippen molar-refractivity contribution in [3.05, 3.63) is 64.7 Å². The lowest BCUT2D eigenvalue weighted by atomic mass is 10.0. The summed E-state index contributed by atoms with van der Waals surface area (Å²) in [7, 11) is 0. The third-order valence-electron chi connectivity index (χ3n) is 2.89. The highest BCUT2D eigenvalue weighted by molar-refractivity contribution is 6.29. The van der Waals surface area contributed by atoms with E-state index in [1.165, 1.54) is 0 Å². The van der Waals surface area contributed by atoms with Gasteiger partial charge in [-0.3, -0.25) is 4.98 Å². The lowest BCUT2D eigenvalue weighted by Gasteiger charge is -2.05. The second-order valence-electron chi connectivity index (χ2n) is 4.36. The summed E-state index contributed by atoms with van der Waals surface area (Å²) in [5, 5.41) is 0.478. The van der Waals surface area contributed by atoms with Gasteiger partial charge in [-0.15, -0.1) is 0 Å². The van der Waals surface area contributed by atoms with Gasteiger partial charge in [0.2, 0.25) is 0 Å². The van der Waals surface area contributed by atoms with Gasteiger partial charge in [0, 0.05) is 18.1 Å². The molecule has 2 aromatic rings. The second-order valence-corrected chi connectivity index (χ2v) is 4.74. The van der Waals surface area contributed by atoms with Crippen molar-refractivity contribution in [2.75, 3.05) is 0 Å². The fourth-order valence-corrected chi connectivity index (χ4v) is 1.93. The van der Waals surface area contributed by atoms with E-state index < -0.39 is 0 Å². The first kappa shape index (κ1) is 13.5. The van der Waals surface area contributed by atoms with Gasteiger partial charge in [0.05, 0.1) is 0 Å². The van der Waals surface area contributed by atoms with Crippen molar-refractivity contribution in [2.24, 2.45) is 0 Å². The van der Waals surface area contributed by atoms with E-state index in [-0.39, 0.29) is 0 Å². The zero-order chi connectivity index (χ0) is 13.8. The molecule has 0 atom stereocenters. The van der Waals surface area contributed by atoms with Crippen LogP contribution in [0.5, 0.6) is 0 Å². The molecule has 0 N–H and O–H groups in total. The average molecular weight is 271 g/mol. The summed E-state index contributed by atoms with van der Waals surface area (Å²) < 4.78 is 0. The van der Waals surface area contributed by atoms with Crippen molar-refractivity contribution in [3.8, 4) is 0 Å². The monoisotopic (exact) mass is 270 g/mol. The van der Waals surface area contributed by atoms with Gasteiger partial charge in [-0.25, -0.2) is 4.98 Å². The minimum atomic E-state index is 0.478. The van der Waals surface area contributed by atoms with Gasteiger partial charge in [0.15, 0.2) is 0 Å². The molecule has 3 heteroatoms. The standard InChI is InChI=1S/C16H15ClN2/c1-4-13-9-19-16(17)8-15(13)7-11(2)14-6-5-12(3)18-10-14/h4-10H,1H2,2-3H3/b11-7+. The van der Waals surface area contributed by atoms with Gasteiger partial charge in [-0.1, -0.05) is 36.4 Å². The van der Waals surface area contributed by atoms with E-state index >= 15 is 0 Å². The van der Waals surface area contributed by atoms with Crippen molar-refractivity contribution in [3.63, 3.8) is 0 Å². The van der Waals surface area contributed by atoms with Crippen LogP contribution in [-0.2, 0) is 0 Å². The Hall–Kier alpha value is -1.93. The highest BCUT2D eigenvalue weighted by Gasteiger charge is 2.02. The highest BCUT2D eigenvalue weighted by Crippen LogP contribution is 2.21. The zero-order valence-electron chi connectivity index (χ0n) is 11.0. The third-order valence-corrected chi connectivity index (χ3v) is 3.10. The van der Waals surface area contributed by atoms with Crippen LogP contribution in [0.1, 0.15) is 29.3 Å². The van der Waals surface area contributed by atoms with Crippen molar-refractivity contribution in [1.82, 2.24) is 9.97 Å². The molecule has 0 unspecified atom stereocenters. The molecule has 0 aromatic carbocycles. The molecule has 2 aromatic heterocycles. The zero-order valence-corrected chi connectivity index (χ0v) is 11.8. The Morgan fingerprint density at radius 2 is 2.00 bits per heavy atom. The first-order chi connectivity index (χ1) is 9.10. The van der Waals surface area contributed by atoms with Crippen LogP contribution in [0.3, 0.4) is 0 Å². The van der Waals surface area contributed by atoms with Gasteiger partial charge in [0.25, 0.3) is 0 Å². The highest BCUT2D eigenvalue weighted by atomic mass is 35.5. The van der Waals surface area contributed by atoms with Crippen LogP contribution in [0, 0.1) is 6.92 Å². The Kier molecular flexibility index (Phi) is 4.13. The number of rotatable bonds is 3. The molecule has 0 spiro atoms. The van der Waals surface area contributed by atoms with Gasteiger partial charge < -0.3 is 0 Å². The summed E-state index contributed by atoms with van der Waals surface area (Å²) >= 11 is 5.94. The lowest BCUT2D eigenvalue weighted by molar-refractivity contribution is 1.19. The van der Waals surface area contributed by atoms with Gasteiger partial charge in [-0.2, -0.15) is 0 Å². The maximum absolute atomic E-state index is 5.94. The van der Waals surface area contributed by atoms with E-state index in [9.17, 15) is 0 Å². The minimum Gasteiger partial charge on any atom is -0.261 e. The van der Waals surface area contributed by atoms with Crippen LogP contribution in [0.15, 0.2) is 37.2 Å². The molecule has 0 bridgehead atoms. The van der Waals surface area contributed by atoms with Gasteiger partial charge in [-0.05, 0) is 48.2 Å². The number of hydrogen-bond donors (Lipinski definition) is 0. The van der Waals surface area contributed by atoms with E-state index in [1.807, 2.05) is 32.2 Å². The normalized spacial score (nSPS) is 11.4. The molecule has 0 amide bonds. The number of pyridine rings is 2. The molecular weight excluding hydrogens is 256 g/mol. The van der Waals surface area contributed by atoms with E-state index in [2.05, 4.69) is 28.7 Å². The maximum Gasteiger partial charge on any atom is 0.129 e. The molecule has 0 fully saturated rings. The lowest BCUT2D eigenvalue weighted by Crippen LogP contribution is -1.88. The van der Waals surface area contributed by atoms with Crippen molar-refractivity contribution >= 4 is 29.3 Å². The number of aryl methyl sites for hydroxylation is 1. The van der Waals surface area contributed by atoms with E-state index in [4.69, 9.17) is 11.6 Å². The van der Waals surface area contributed by atoms with Crippen molar-refractivity contribution < 1.29 is 0 Å². The van der Waals surface area contributed by atoms with Crippen LogP contribution in [0.4, 0.5) is 0 Å². The van der Waals surface area contributed by atoms with Gasteiger partial charge in [0.1, 0.15) is 5.15 Å². The Balaban J connectivity index is 2.42. The van der Waals surface area contributed by atoms with Crippen LogP contribution < -0.4 is 0 Å². The topological polar surface area (TPSA) is 25.8 Å². The summed E-state index contributed by atoms with van der Waals surface area (Å²) in [6.07, 6.45) is 7.44. The summed E-state index contributed by atoms with van der Waals surface area (Å²) in [5.41, 5.74) is 5.19. The van der Waals surface area contributed by atoms with Crippen LogP contribution in [0.2, 0.25) is 5.15 Å².